The number of ether oxygens (including phenoxy) is 1. The molecular weight excluding hydrogens is 268 g/mol. The fraction of sp³-hybridized carbons (Fsp3) is 0.500. The van der Waals surface area contributed by atoms with Crippen molar-refractivity contribution in [2.75, 3.05) is 19.0 Å². The molecule has 0 aliphatic carbocycles. The van der Waals surface area contributed by atoms with E-state index < -0.39 is 11.8 Å². The summed E-state index contributed by atoms with van der Waals surface area (Å²) in [5, 5.41) is 5.17. The van der Waals surface area contributed by atoms with Crippen molar-refractivity contribution in [2.45, 2.75) is 39.0 Å². The largest absolute Gasteiger partial charge is 0.497 e. The average Bonchev–Trinajstić information content (AvgIpc) is 2.51. The van der Waals surface area contributed by atoms with Crippen LogP contribution in [0, 0.1) is 0 Å². The first kappa shape index (κ1) is 17.0. The number of rotatable bonds is 8. The van der Waals surface area contributed by atoms with Gasteiger partial charge in [-0.05, 0) is 30.7 Å². The molecule has 2 amide bonds. The highest BCUT2D eigenvalue weighted by Crippen LogP contribution is 2.14. The molecule has 1 rings (SSSR count). The highest BCUT2D eigenvalue weighted by molar-refractivity contribution is 6.39. The van der Waals surface area contributed by atoms with Crippen molar-refractivity contribution in [1.82, 2.24) is 5.32 Å². The Morgan fingerprint density at radius 2 is 1.67 bits per heavy atom. The van der Waals surface area contributed by atoms with Gasteiger partial charge in [0.1, 0.15) is 5.75 Å². The first-order chi connectivity index (χ1) is 10.2. The average molecular weight is 292 g/mol. The van der Waals surface area contributed by atoms with E-state index in [1.165, 1.54) is 19.3 Å². The maximum absolute atomic E-state index is 11.7. The van der Waals surface area contributed by atoms with Crippen LogP contribution in [0.15, 0.2) is 24.3 Å². The molecule has 0 radical (unpaired) electrons. The van der Waals surface area contributed by atoms with Crippen molar-refractivity contribution in [3.8, 4) is 5.75 Å². The van der Waals surface area contributed by atoms with Gasteiger partial charge in [0.05, 0.1) is 7.11 Å². The van der Waals surface area contributed by atoms with Crippen molar-refractivity contribution < 1.29 is 14.3 Å². The lowest BCUT2D eigenvalue weighted by molar-refractivity contribution is -0.136. The van der Waals surface area contributed by atoms with Crippen molar-refractivity contribution in [2.24, 2.45) is 0 Å². The van der Waals surface area contributed by atoms with Crippen LogP contribution in [0.1, 0.15) is 39.0 Å². The van der Waals surface area contributed by atoms with Crippen molar-refractivity contribution in [1.29, 1.82) is 0 Å². The molecule has 21 heavy (non-hydrogen) atoms. The van der Waals surface area contributed by atoms with Gasteiger partial charge >= 0.3 is 11.8 Å². The van der Waals surface area contributed by atoms with E-state index in [9.17, 15) is 9.59 Å². The minimum Gasteiger partial charge on any atom is -0.497 e. The third kappa shape index (κ3) is 6.79. The Labute approximate surface area is 126 Å². The van der Waals surface area contributed by atoms with E-state index >= 15 is 0 Å². The lowest BCUT2D eigenvalue weighted by Crippen LogP contribution is -2.35. The summed E-state index contributed by atoms with van der Waals surface area (Å²) in [5.41, 5.74) is 0.568. The zero-order chi connectivity index (χ0) is 15.5. The van der Waals surface area contributed by atoms with E-state index in [1.54, 1.807) is 31.4 Å². The predicted octanol–water partition coefficient (Wildman–Crippen LogP) is 2.72. The standard InChI is InChI=1S/C16H24N2O3/c1-3-4-5-6-7-12-17-15(19)16(20)18-13-8-10-14(21-2)11-9-13/h8-11H,3-7,12H2,1-2H3,(H,17,19)(H,18,20). The summed E-state index contributed by atoms with van der Waals surface area (Å²) in [5.74, 6) is -0.542. The first-order valence-corrected chi connectivity index (χ1v) is 7.40. The second-order valence-electron chi connectivity index (χ2n) is 4.85. The molecular formula is C16H24N2O3. The highest BCUT2D eigenvalue weighted by atomic mass is 16.5. The van der Waals surface area contributed by atoms with E-state index in [0.29, 0.717) is 18.0 Å². The molecule has 0 heterocycles. The molecule has 0 saturated carbocycles. The smallest absolute Gasteiger partial charge is 0.313 e. The quantitative estimate of drug-likeness (QED) is 0.572. The second-order valence-corrected chi connectivity index (χ2v) is 4.85. The van der Waals surface area contributed by atoms with Crippen LogP contribution < -0.4 is 15.4 Å². The molecule has 0 bridgehead atoms. The van der Waals surface area contributed by atoms with Crippen LogP contribution in [-0.2, 0) is 9.59 Å². The van der Waals surface area contributed by atoms with Crippen LogP contribution in [0.4, 0.5) is 5.69 Å². The van der Waals surface area contributed by atoms with Crippen molar-refractivity contribution in [3.05, 3.63) is 24.3 Å². The number of hydrogen-bond donors (Lipinski definition) is 2. The molecule has 2 N–H and O–H groups in total. The number of unbranched alkanes of at least 4 members (excludes halogenated alkanes) is 4. The van der Waals surface area contributed by atoms with Gasteiger partial charge in [0.25, 0.3) is 0 Å². The van der Waals surface area contributed by atoms with Crippen LogP contribution in [0.2, 0.25) is 0 Å². The van der Waals surface area contributed by atoms with Gasteiger partial charge in [-0.2, -0.15) is 0 Å². The summed E-state index contributed by atoms with van der Waals surface area (Å²) in [6, 6.07) is 6.83. The summed E-state index contributed by atoms with van der Waals surface area (Å²) < 4.78 is 5.02. The number of anilines is 1. The summed E-state index contributed by atoms with van der Waals surface area (Å²) in [4.78, 5) is 23.3. The zero-order valence-electron chi connectivity index (χ0n) is 12.8. The summed E-state index contributed by atoms with van der Waals surface area (Å²) >= 11 is 0. The third-order valence-electron chi connectivity index (χ3n) is 3.12. The summed E-state index contributed by atoms with van der Waals surface area (Å²) in [6.45, 7) is 2.70. The fourth-order valence-electron chi connectivity index (χ4n) is 1.87. The Morgan fingerprint density at radius 3 is 2.29 bits per heavy atom. The van der Waals surface area contributed by atoms with E-state index in [-0.39, 0.29) is 0 Å². The lowest BCUT2D eigenvalue weighted by atomic mass is 10.1. The van der Waals surface area contributed by atoms with Gasteiger partial charge in [0, 0.05) is 12.2 Å². The third-order valence-corrected chi connectivity index (χ3v) is 3.12. The Kier molecular flexibility index (Phi) is 7.94. The van der Waals surface area contributed by atoms with E-state index in [0.717, 1.165) is 12.8 Å². The van der Waals surface area contributed by atoms with Gasteiger partial charge in [-0.3, -0.25) is 9.59 Å². The molecule has 0 aromatic heterocycles. The van der Waals surface area contributed by atoms with Gasteiger partial charge < -0.3 is 15.4 Å². The van der Waals surface area contributed by atoms with E-state index in [4.69, 9.17) is 4.74 Å². The van der Waals surface area contributed by atoms with Crippen LogP contribution in [0.5, 0.6) is 5.75 Å². The van der Waals surface area contributed by atoms with Gasteiger partial charge in [-0.25, -0.2) is 0 Å². The predicted molar refractivity (Wildman–Crippen MR) is 83.4 cm³/mol. The Bertz CT molecular complexity index is 443. The van der Waals surface area contributed by atoms with Crippen LogP contribution in [0.25, 0.3) is 0 Å². The molecule has 0 aliphatic heterocycles. The Morgan fingerprint density at radius 1 is 1.00 bits per heavy atom. The Hall–Kier alpha value is -2.04. The monoisotopic (exact) mass is 292 g/mol. The van der Waals surface area contributed by atoms with Crippen LogP contribution in [0.3, 0.4) is 0 Å². The fourth-order valence-corrected chi connectivity index (χ4v) is 1.87. The Balaban J connectivity index is 2.25. The molecule has 0 fully saturated rings. The highest BCUT2D eigenvalue weighted by Gasteiger charge is 2.12. The number of benzene rings is 1. The van der Waals surface area contributed by atoms with Crippen LogP contribution in [-0.4, -0.2) is 25.5 Å². The maximum atomic E-state index is 11.7. The van der Waals surface area contributed by atoms with E-state index in [2.05, 4.69) is 17.6 Å². The number of carbonyl (C=O) groups is 2. The molecule has 116 valence electrons. The number of hydrogen-bond acceptors (Lipinski definition) is 3. The van der Waals surface area contributed by atoms with Gasteiger partial charge in [-0.1, -0.05) is 32.6 Å². The SMILES string of the molecule is CCCCCCCNC(=O)C(=O)Nc1ccc(OC)cc1. The van der Waals surface area contributed by atoms with Gasteiger partial charge in [0.15, 0.2) is 0 Å². The molecule has 1 aromatic rings. The number of carbonyl (C=O) groups excluding carboxylic acids is 2. The number of methoxy groups -OCH3 is 1. The zero-order valence-corrected chi connectivity index (χ0v) is 12.8. The molecule has 0 saturated heterocycles. The second kappa shape index (κ2) is 9.80. The van der Waals surface area contributed by atoms with E-state index in [1.807, 2.05) is 0 Å². The molecule has 0 spiro atoms. The minimum atomic E-state index is -0.645. The number of amides is 2. The molecule has 0 aliphatic rings. The molecule has 1 aromatic carbocycles. The summed E-state index contributed by atoms with van der Waals surface area (Å²) in [7, 11) is 1.57. The van der Waals surface area contributed by atoms with Gasteiger partial charge in [-0.15, -0.1) is 0 Å². The van der Waals surface area contributed by atoms with Gasteiger partial charge in [0.2, 0.25) is 0 Å². The topological polar surface area (TPSA) is 67.4 Å². The van der Waals surface area contributed by atoms with Crippen molar-refractivity contribution >= 4 is 17.5 Å². The minimum absolute atomic E-state index is 0.540. The lowest BCUT2D eigenvalue weighted by Gasteiger charge is -2.07. The molecule has 5 heteroatoms. The first-order valence-electron chi connectivity index (χ1n) is 7.40. The van der Waals surface area contributed by atoms with Crippen LogP contribution >= 0.6 is 0 Å². The molecule has 5 nitrogen and oxygen atoms in total. The molecule has 0 unspecified atom stereocenters. The molecule has 0 atom stereocenters. The number of nitrogens with one attached hydrogen (secondary N) is 2. The maximum Gasteiger partial charge on any atom is 0.313 e. The normalized spacial score (nSPS) is 10.0. The summed E-state index contributed by atoms with van der Waals surface area (Å²) in [6.07, 6.45) is 5.56. The van der Waals surface area contributed by atoms with Crippen molar-refractivity contribution in [3.63, 3.8) is 0 Å².